The minimum absolute atomic E-state index is 0.0825. The molecule has 1 aliphatic carbocycles. The van der Waals surface area contributed by atoms with Crippen LogP contribution in [0.5, 0.6) is 0 Å². The zero-order valence-corrected chi connectivity index (χ0v) is 9.84. The Balaban J connectivity index is 2.02. The topological polar surface area (TPSA) is 83.5 Å². The van der Waals surface area contributed by atoms with E-state index in [4.69, 9.17) is 5.11 Å². The zero-order chi connectivity index (χ0) is 13.3. The smallest absolute Gasteiger partial charge is 0.307 e. The van der Waals surface area contributed by atoms with Crippen LogP contribution in [-0.2, 0) is 9.59 Å². The van der Waals surface area contributed by atoms with Crippen LogP contribution in [0.25, 0.3) is 0 Å². The number of carbonyl (C=O) groups is 3. The lowest BCUT2D eigenvalue weighted by molar-refractivity contribution is -0.139. The van der Waals surface area contributed by atoms with Crippen molar-refractivity contribution >= 4 is 23.3 Å². The number of aliphatic carboxylic acids is 1. The third-order valence-corrected chi connectivity index (χ3v) is 2.98. The minimum Gasteiger partial charge on any atom is -0.481 e. The van der Waals surface area contributed by atoms with Crippen molar-refractivity contribution in [3.63, 3.8) is 0 Å². The van der Waals surface area contributed by atoms with E-state index in [0.717, 1.165) is 0 Å². The van der Waals surface area contributed by atoms with Crippen molar-refractivity contribution in [2.45, 2.75) is 13.3 Å². The molecule has 0 radical (unpaired) electrons. The molecule has 0 spiro atoms. The van der Waals surface area contributed by atoms with E-state index >= 15 is 0 Å². The molecule has 0 saturated heterocycles. The molecule has 2 N–H and O–H groups in total. The zero-order valence-electron chi connectivity index (χ0n) is 9.84. The summed E-state index contributed by atoms with van der Waals surface area (Å²) >= 11 is 0. The van der Waals surface area contributed by atoms with Gasteiger partial charge in [0.25, 0.3) is 0 Å². The molecule has 1 aliphatic rings. The normalized spacial score (nSPS) is 21.2. The predicted molar refractivity (Wildman–Crippen MR) is 64.3 cm³/mol. The first-order valence-corrected chi connectivity index (χ1v) is 5.63. The van der Waals surface area contributed by atoms with Crippen molar-refractivity contribution in [3.8, 4) is 0 Å². The maximum absolute atomic E-state index is 11.7. The van der Waals surface area contributed by atoms with E-state index in [1.54, 1.807) is 24.3 Å². The minimum atomic E-state index is -0.937. The molecule has 94 valence electrons. The molecule has 0 aromatic heterocycles. The lowest BCUT2D eigenvalue weighted by atomic mass is 10.1. The molecule has 0 aliphatic heterocycles. The van der Waals surface area contributed by atoms with Gasteiger partial charge in [-0.1, -0.05) is 12.1 Å². The predicted octanol–water partition coefficient (Wildman–Crippen LogP) is 1.55. The summed E-state index contributed by atoms with van der Waals surface area (Å²) in [5.74, 6) is -2.35. The number of rotatable bonds is 4. The van der Waals surface area contributed by atoms with Gasteiger partial charge in [0, 0.05) is 11.3 Å². The first-order chi connectivity index (χ1) is 8.49. The molecule has 2 atom stereocenters. The van der Waals surface area contributed by atoms with Gasteiger partial charge in [-0.2, -0.15) is 0 Å². The van der Waals surface area contributed by atoms with Gasteiger partial charge in [-0.05, 0) is 25.5 Å². The maximum Gasteiger partial charge on any atom is 0.307 e. The SMILES string of the molecule is CC(=O)c1cccc(NC(=O)C2CC2C(=O)O)c1. The van der Waals surface area contributed by atoms with Crippen LogP contribution in [0.4, 0.5) is 5.69 Å². The molecule has 2 rings (SSSR count). The number of ketones is 1. The van der Waals surface area contributed by atoms with Gasteiger partial charge in [-0.15, -0.1) is 0 Å². The summed E-state index contributed by atoms with van der Waals surface area (Å²) in [5, 5.41) is 11.4. The fourth-order valence-corrected chi connectivity index (χ4v) is 1.81. The number of Topliss-reactive ketones (excluding diaryl/α,β-unsaturated/α-hetero) is 1. The van der Waals surface area contributed by atoms with E-state index in [1.165, 1.54) is 6.92 Å². The molecule has 0 bridgehead atoms. The van der Waals surface area contributed by atoms with Crippen LogP contribution in [0.1, 0.15) is 23.7 Å². The van der Waals surface area contributed by atoms with E-state index in [1.807, 2.05) is 0 Å². The number of benzene rings is 1. The Morgan fingerprint density at radius 2 is 2.00 bits per heavy atom. The highest BCUT2D eigenvalue weighted by atomic mass is 16.4. The molecule has 1 aromatic carbocycles. The number of carboxylic acid groups (broad SMARTS) is 1. The Kier molecular flexibility index (Phi) is 3.14. The molecule has 5 nitrogen and oxygen atoms in total. The number of amides is 1. The monoisotopic (exact) mass is 247 g/mol. The third kappa shape index (κ3) is 2.56. The fraction of sp³-hybridized carbons (Fsp3) is 0.308. The van der Waals surface area contributed by atoms with Crippen LogP contribution in [-0.4, -0.2) is 22.8 Å². The largest absolute Gasteiger partial charge is 0.481 e. The molecule has 1 saturated carbocycles. The van der Waals surface area contributed by atoms with Crippen molar-refractivity contribution in [2.75, 3.05) is 5.32 Å². The highest BCUT2D eigenvalue weighted by Gasteiger charge is 2.48. The second kappa shape index (κ2) is 4.60. The lowest BCUT2D eigenvalue weighted by Crippen LogP contribution is -2.17. The van der Waals surface area contributed by atoms with Gasteiger partial charge in [-0.25, -0.2) is 0 Å². The highest BCUT2D eigenvalue weighted by Crippen LogP contribution is 2.39. The fourth-order valence-electron chi connectivity index (χ4n) is 1.81. The number of hydrogen-bond donors (Lipinski definition) is 2. The van der Waals surface area contributed by atoms with Crippen molar-refractivity contribution in [1.82, 2.24) is 0 Å². The Morgan fingerprint density at radius 3 is 2.56 bits per heavy atom. The molecule has 2 unspecified atom stereocenters. The quantitative estimate of drug-likeness (QED) is 0.790. The first-order valence-electron chi connectivity index (χ1n) is 5.63. The van der Waals surface area contributed by atoms with Gasteiger partial charge in [0.05, 0.1) is 11.8 Å². The van der Waals surface area contributed by atoms with Crippen molar-refractivity contribution in [2.24, 2.45) is 11.8 Å². The molecule has 0 heterocycles. The molecular formula is C13H13NO4. The Labute approximate surface area is 104 Å². The number of hydrogen-bond acceptors (Lipinski definition) is 3. The van der Waals surface area contributed by atoms with E-state index in [2.05, 4.69) is 5.32 Å². The second-order valence-electron chi connectivity index (χ2n) is 4.41. The second-order valence-corrected chi connectivity index (χ2v) is 4.41. The Bertz CT molecular complexity index is 523. The van der Waals surface area contributed by atoms with Crippen molar-refractivity contribution in [3.05, 3.63) is 29.8 Å². The summed E-state index contributed by atoms with van der Waals surface area (Å²) in [6.45, 7) is 1.45. The van der Waals surface area contributed by atoms with E-state index in [-0.39, 0.29) is 11.7 Å². The first kappa shape index (κ1) is 12.3. The van der Waals surface area contributed by atoms with Crippen LogP contribution in [0.15, 0.2) is 24.3 Å². The highest BCUT2D eigenvalue weighted by molar-refractivity contribution is 6.00. The number of carbonyl (C=O) groups excluding carboxylic acids is 2. The van der Waals surface area contributed by atoms with Gasteiger partial charge < -0.3 is 10.4 Å². The average molecular weight is 247 g/mol. The van der Waals surface area contributed by atoms with Gasteiger partial charge in [0.15, 0.2) is 5.78 Å². The lowest BCUT2D eigenvalue weighted by Gasteiger charge is -2.05. The van der Waals surface area contributed by atoms with Gasteiger partial charge in [0.2, 0.25) is 5.91 Å². The van der Waals surface area contributed by atoms with Gasteiger partial charge in [0.1, 0.15) is 0 Å². The van der Waals surface area contributed by atoms with E-state index in [0.29, 0.717) is 17.7 Å². The molecular weight excluding hydrogens is 234 g/mol. The molecule has 5 heteroatoms. The molecule has 1 amide bonds. The Morgan fingerprint density at radius 1 is 1.28 bits per heavy atom. The van der Waals surface area contributed by atoms with Crippen LogP contribution >= 0.6 is 0 Å². The average Bonchev–Trinajstić information content (AvgIpc) is 3.09. The number of nitrogens with one attached hydrogen (secondary N) is 1. The Hall–Kier alpha value is -2.17. The summed E-state index contributed by atoms with van der Waals surface area (Å²) in [5.41, 5.74) is 1.03. The summed E-state index contributed by atoms with van der Waals surface area (Å²) < 4.78 is 0. The van der Waals surface area contributed by atoms with E-state index in [9.17, 15) is 14.4 Å². The van der Waals surface area contributed by atoms with Crippen LogP contribution < -0.4 is 5.32 Å². The summed E-state index contributed by atoms with van der Waals surface area (Å²) in [4.78, 5) is 33.5. The summed E-state index contributed by atoms with van der Waals surface area (Å²) in [6.07, 6.45) is 0.383. The molecule has 1 aromatic rings. The van der Waals surface area contributed by atoms with Crippen molar-refractivity contribution < 1.29 is 19.5 Å². The molecule has 1 fully saturated rings. The number of carboxylic acids is 1. The standard InChI is InChI=1S/C13H13NO4/c1-7(15)8-3-2-4-9(5-8)14-12(16)10-6-11(10)13(17)18/h2-5,10-11H,6H2,1H3,(H,14,16)(H,17,18). The third-order valence-electron chi connectivity index (χ3n) is 2.98. The maximum atomic E-state index is 11.7. The van der Waals surface area contributed by atoms with Crippen LogP contribution in [0, 0.1) is 11.8 Å². The van der Waals surface area contributed by atoms with Crippen LogP contribution in [0.2, 0.25) is 0 Å². The van der Waals surface area contributed by atoms with Crippen molar-refractivity contribution in [1.29, 1.82) is 0 Å². The van der Waals surface area contributed by atoms with E-state index < -0.39 is 17.8 Å². The van der Waals surface area contributed by atoms with Crippen LogP contribution in [0.3, 0.4) is 0 Å². The van der Waals surface area contributed by atoms with Gasteiger partial charge in [-0.3, -0.25) is 14.4 Å². The molecule has 18 heavy (non-hydrogen) atoms. The summed E-state index contributed by atoms with van der Waals surface area (Å²) in [7, 11) is 0. The summed E-state index contributed by atoms with van der Waals surface area (Å²) in [6, 6.07) is 6.59. The van der Waals surface area contributed by atoms with Gasteiger partial charge >= 0.3 is 5.97 Å². The number of anilines is 1.